The predicted octanol–water partition coefficient (Wildman–Crippen LogP) is 3.76. The number of rotatable bonds is 6. The zero-order valence-electron chi connectivity index (χ0n) is 24.1. The van der Waals surface area contributed by atoms with Crippen LogP contribution in [-0.2, 0) is 0 Å². The monoisotopic (exact) mass is 606 g/mol. The Morgan fingerprint density at radius 2 is 2.00 bits per heavy atom. The lowest BCUT2D eigenvalue weighted by Crippen LogP contribution is -2.40. The molecule has 0 bridgehead atoms. The fourth-order valence-corrected chi connectivity index (χ4v) is 7.17. The third kappa shape index (κ3) is 3.79. The van der Waals surface area contributed by atoms with Gasteiger partial charge in [-0.05, 0) is 19.5 Å². The number of nitrogens with one attached hydrogen (secondary N) is 3. The van der Waals surface area contributed by atoms with Crippen LogP contribution in [0.3, 0.4) is 0 Å². The van der Waals surface area contributed by atoms with Crippen molar-refractivity contribution >= 4 is 50.3 Å². The Bertz CT molecular complexity index is 2080. The van der Waals surface area contributed by atoms with Gasteiger partial charge in [0.1, 0.15) is 11.2 Å². The largest absolute Gasteiger partial charge is 0.477 e. The summed E-state index contributed by atoms with van der Waals surface area (Å²) in [5.41, 5.74) is 3.55. The first kappa shape index (κ1) is 28.0. The Hall–Kier alpha value is -4.85. The van der Waals surface area contributed by atoms with Crippen molar-refractivity contribution in [2.45, 2.75) is 12.5 Å². The molecule has 14 heteroatoms. The molecule has 2 aliphatic rings. The van der Waals surface area contributed by atoms with E-state index >= 15 is 4.39 Å². The lowest BCUT2D eigenvalue weighted by atomic mass is 9.84. The highest BCUT2D eigenvalue weighted by Gasteiger charge is 2.53. The van der Waals surface area contributed by atoms with E-state index in [1.165, 1.54) is 23.1 Å². The Morgan fingerprint density at radius 1 is 1.20 bits per heavy atom. The van der Waals surface area contributed by atoms with E-state index in [2.05, 4.69) is 30.6 Å². The minimum absolute atomic E-state index is 0.00255. The minimum atomic E-state index is -1.39. The molecule has 2 fully saturated rings. The molecule has 0 spiro atoms. The molecular formula is C30H29F3N8O3. The van der Waals surface area contributed by atoms with Crippen LogP contribution < -0.4 is 21.1 Å². The third-order valence-electron chi connectivity index (χ3n) is 9.21. The molecule has 11 nitrogen and oxygen atoms in total. The highest BCUT2D eigenvalue weighted by molar-refractivity contribution is 6.18. The van der Waals surface area contributed by atoms with E-state index in [4.69, 9.17) is 0 Å². The number of likely N-dealkylation sites (N-methyl/N-ethyl adjacent to an activating group) is 1. The molecule has 4 aromatic heterocycles. The van der Waals surface area contributed by atoms with Gasteiger partial charge in [-0.25, -0.2) is 28.2 Å². The van der Waals surface area contributed by atoms with Gasteiger partial charge in [-0.1, -0.05) is 0 Å². The number of anilines is 2. The average molecular weight is 607 g/mol. The number of carboxylic acid groups (broad SMARTS) is 1. The van der Waals surface area contributed by atoms with Crippen molar-refractivity contribution in [2.75, 3.05) is 63.1 Å². The van der Waals surface area contributed by atoms with Crippen molar-refractivity contribution in [1.82, 2.24) is 24.5 Å². The second-order valence-corrected chi connectivity index (χ2v) is 11.6. The van der Waals surface area contributed by atoms with Crippen LogP contribution in [0.1, 0.15) is 16.8 Å². The van der Waals surface area contributed by atoms with Crippen LogP contribution in [0.25, 0.3) is 44.1 Å². The smallest absolute Gasteiger partial charge is 0.341 e. The summed E-state index contributed by atoms with van der Waals surface area (Å²) in [5.74, 6) is -3.48. The Morgan fingerprint density at radius 3 is 2.70 bits per heavy atom. The zero-order valence-corrected chi connectivity index (χ0v) is 24.1. The summed E-state index contributed by atoms with van der Waals surface area (Å²) in [6, 6.07) is 2.33. The Kier molecular flexibility index (Phi) is 6.25. The van der Waals surface area contributed by atoms with Gasteiger partial charge in [-0.2, -0.15) is 0 Å². The molecule has 7 rings (SSSR count). The van der Waals surface area contributed by atoms with E-state index in [9.17, 15) is 23.5 Å². The molecule has 0 amide bonds. The molecule has 2 saturated heterocycles. The number of carbonyl (C=O) groups is 1. The maximum Gasteiger partial charge on any atom is 0.341 e. The predicted molar refractivity (Wildman–Crippen MR) is 162 cm³/mol. The fraction of sp³-hybridized carbons (Fsp3) is 0.333. The first-order chi connectivity index (χ1) is 21.1. The van der Waals surface area contributed by atoms with Crippen LogP contribution in [0, 0.1) is 17.0 Å². The molecule has 2 unspecified atom stereocenters. The highest BCUT2D eigenvalue weighted by atomic mass is 19.2. The third-order valence-corrected chi connectivity index (χ3v) is 9.21. The molecular weight excluding hydrogens is 577 g/mol. The van der Waals surface area contributed by atoms with Gasteiger partial charge >= 0.3 is 5.97 Å². The van der Waals surface area contributed by atoms with Crippen LogP contribution in [-0.4, -0.2) is 89.1 Å². The van der Waals surface area contributed by atoms with E-state index in [0.717, 1.165) is 6.07 Å². The number of aromatic amines is 1. The summed E-state index contributed by atoms with van der Waals surface area (Å²) >= 11 is 0. The van der Waals surface area contributed by atoms with Crippen LogP contribution in [0.5, 0.6) is 0 Å². The van der Waals surface area contributed by atoms with Crippen molar-refractivity contribution < 1.29 is 23.1 Å². The first-order valence-corrected chi connectivity index (χ1v) is 14.1. The molecule has 0 saturated carbocycles. The molecule has 2 atom stereocenters. The van der Waals surface area contributed by atoms with Gasteiger partial charge in [0.2, 0.25) is 5.43 Å². The number of pyridine rings is 3. The van der Waals surface area contributed by atoms with E-state index in [1.54, 1.807) is 20.3 Å². The number of carboxylic acids is 1. The van der Waals surface area contributed by atoms with Crippen LogP contribution in [0.4, 0.5) is 24.5 Å². The van der Waals surface area contributed by atoms with Crippen molar-refractivity contribution in [2.24, 2.45) is 5.41 Å². The van der Waals surface area contributed by atoms with Gasteiger partial charge in [-0.3, -0.25) is 9.18 Å². The van der Waals surface area contributed by atoms with Gasteiger partial charge < -0.3 is 30.6 Å². The molecule has 0 radical (unpaired) electrons. The first-order valence-electron chi connectivity index (χ1n) is 14.1. The fourth-order valence-electron chi connectivity index (χ4n) is 7.17. The van der Waals surface area contributed by atoms with E-state index in [0.29, 0.717) is 65.1 Å². The molecule has 6 heterocycles. The minimum Gasteiger partial charge on any atom is -0.477 e. The number of H-pyrrole nitrogens is 1. The lowest BCUT2D eigenvalue weighted by Gasteiger charge is -2.32. The Balaban J connectivity index is 1.58. The number of fused-ring (bicyclic) bond motifs is 5. The standard InChI is InChI=1S/C30H29F3N8O3/c1-34-19-7-18(32)23(33)21-22-25(40-5-4-30(12-31)13-39(3)11-20(30)40)16(9-36-27(22)38-24(19)21)14-6-15-26(42)17(29(43)44)10-41(35-2)28(15)37-8-14/h6-10,20,34-35H,4-5,11-13H2,1-3H3,(H,36,38)(H,43,44). The lowest BCUT2D eigenvalue weighted by molar-refractivity contribution is 0.0695. The quantitative estimate of drug-likeness (QED) is 0.228. The van der Waals surface area contributed by atoms with Gasteiger partial charge in [-0.15, -0.1) is 0 Å². The zero-order chi connectivity index (χ0) is 31.1. The summed E-state index contributed by atoms with van der Waals surface area (Å²) in [4.78, 5) is 41.5. The number of nitrogens with zero attached hydrogens (tertiary/aromatic N) is 5. The number of benzene rings is 1. The van der Waals surface area contributed by atoms with E-state index in [1.807, 2.05) is 11.9 Å². The van der Waals surface area contributed by atoms with Crippen molar-refractivity contribution in [3.63, 3.8) is 0 Å². The van der Waals surface area contributed by atoms with Crippen molar-refractivity contribution in [3.05, 3.63) is 58.1 Å². The number of hydrogen-bond donors (Lipinski definition) is 4. The normalized spacial score (nSPS) is 20.2. The molecule has 228 valence electrons. The van der Waals surface area contributed by atoms with Crippen molar-refractivity contribution in [3.8, 4) is 11.1 Å². The second-order valence-electron chi connectivity index (χ2n) is 11.6. The van der Waals surface area contributed by atoms with E-state index in [-0.39, 0.29) is 22.5 Å². The van der Waals surface area contributed by atoms with Crippen molar-refractivity contribution in [1.29, 1.82) is 0 Å². The van der Waals surface area contributed by atoms with Gasteiger partial charge in [0.05, 0.1) is 45.8 Å². The summed E-state index contributed by atoms with van der Waals surface area (Å²) in [5, 5.41) is 12.9. The van der Waals surface area contributed by atoms with E-state index < -0.39 is 40.7 Å². The molecule has 0 aliphatic carbocycles. The molecule has 4 N–H and O–H groups in total. The summed E-state index contributed by atoms with van der Waals surface area (Å²) in [7, 11) is 5.09. The topological polar surface area (TPSA) is 131 Å². The molecule has 2 aliphatic heterocycles. The van der Waals surface area contributed by atoms with Crippen LogP contribution in [0.2, 0.25) is 0 Å². The summed E-state index contributed by atoms with van der Waals surface area (Å²) < 4.78 is 46.8. The Labute approximate surface area is 248 Å². The maximum atomic E-state index is 15.8. The number of alkyl halides is 1. The van der Waals surface area contributed by atoms with Gasteiger partial charge in [0, 0.05) is 74.9 Å². The number of aromatic carboxylic acids is 1. The SMILES string of the molecule is CNc1cc(F)c(F)c2c1[nH]c1ncc(-c3cnc4c(c3)c(=O)c(C(=O)O)cn4NC)c(N3CCC4(CF)CN(C)CC34)c12. The molecule has 5 aromatic rings. The summed E-state index contributed by atoms with van der Waals surface area (Å²) in [6.45, 7) is 1.02. The number of likely N-dealkylation sites (tertiary alicyclic amines) is 1. The van der Waals surface area contributed by atoms with Crippen LogP contribution >= 0.6 is 0 Å². The maximum absolute atomic E-state index is 15.8. The molecule has 44 heavy (non-hydrogen) atoms. The second kappa shape index (κ2) is 9.84. The number of halogens is 3. The average Bonchev–Trinajstić information content (AvgIpc) is 3.67. The molecule has 1 aromatic carbocycles. The van der Waals surface area contributed by atoms with Gasteiger partial charge in [0.15, 0.2) is 17.3 Å². The number of hydrogen-bond acceptors (Lipinski definition) is 8. The van der Waals surface area contributed by atoms with Crippen LogP contribution in [0.15, 0.2) is 35.5 Å². The highest BCUT2D eigenvalue weighted by Crippen LogP contribution is 2.50. The number of aromatic nitrogens is 4. The van der Waals surface area contributed by atoms with Gasteiger partial charge in [0.25, 0.3) is 0 Å². The summed E-state index contributed by atoms with van der Waals surface area (Å²) in [6.07, 6.45) is 4.80.